The van der Waals surface area contributed by atoms with Crippen LogP contribution in [0.2, 0.25) is 0 Å². The number of para-hydroxylation sites is 3. The first-order valence-electron chi connectivity index (χ1n) is 19.7. The molecule has 6 aromatic rings. The molecule has 0 aliphatic rings. The van der Waals surface area contributed by atoms with Crippen molar-refractivity contribution in [1.82, 2.24) is 4.90 Å². The van der Waals surface area contributed by atoms with E-state index in [4.69, 9.17) is 37.9 Å². The lowest BCUT2D eigenvalue weighted by Gasteiger charge is -2.25. The predicted octanol–water partition coefficient (Wildman–Crippen LogP) is 11.6. The lowest BCUT2D eigenvalue weighted by atomic mass is 10.2. The molecule has 10 nitrogen and oxygen atoms in total. The Kier molecular flexibility index (Phi) is 24.5. The number of nitrogens with zero attached hydrogens (tertiary/aromatic N) is 2. The minimum Gasteiger partial charge on any atom is -0.497 e. The highest BCUT2D eigenvalue weighted by molar-refractivity contribution is 5.76. The number of methoxy groups -OCH3 is 8. The van der Waals surface area contributed by atoms with Crippen molar-refractivity contribution < 1.29 is 37.9 Å². The van der Waals surface area contributed by atoms with E-state index in [9.17, 15) is 0 Å². The van der Waals surface area contributed by atoms with Crippen LogP contribution in [0, 0.1) is 0 Å². The summed E-state index contributed by atoms with van der Waals surface area (Å²) < 4.78 is 40.2. The monoisotopic (exact) mass is 820 g/mol. The molecule has 0 radical (unpaired) electrons. The summed E-state index contributed by atoms with van der Waals surface area (Å²) in [5.41, 5.74) is 3.50. The Morgan fingerprint density at radius 2 is 0.600 bits per heavy atom. The Morgan fingerprint density at radius 3 is 0.850 bits per heavy atom. The van der Waals surface area contributed by atoms with Gasteiger partial charge in [0.15, 0.2) is 11.5 Å². The Bertz CT molecular complexity index is 1780. The molecule has 0 N–H and O–H groups in total. The van der Waals surface area contributed by atoms with Crippen molar-refractivity contribution in [1.29, 1.82) is 0 Å². The largest absolute Gasteiger partial charge is 0.497 e. The maximum atomic E-state index is 5.07. The molecule has 10 heteroatoms. The molecule has 0 unspecified atom stereocenters. The molecule has 0 amide bonds. The van der Waals surface area contributed by atoms with Crippen LogP contribution in [-0.4, -0.2) is 81.4 Å². The smallest absolute Gasteiger partial charge is 0.164 e. The van der Waals surface area contributed by atoms with E-state index in [-0.39, 0.29) is 0 Å². The highest BCUT2D eigenvalue weighted by atomic mass is 16.5. The maximum absolute atomic E-state index is 5.07. The minimum absolute atomic E-state index is 0.678. The summed E-state index contributed by atoms with van der Waals surface area (Å²) in [5.74, 6) is 6.02. The second kappa shape index (κ2) is 29.7. The van der Waals surface area contributed by atoms with Crippen LogP contribution in [0.3, 0.4) is 0 Å². The maximum Gasteiger partial charge on any atom is 0.164 e. The third kappa shape index (κ3) is 17.5. The second-order valence-corrected chi connectivity index (χ2v) is 12.3. The summed E-state index contributed by atoms with van der Waals surface area (Å²) in [6, 6.07) is 49.5. The molecule has 0 saturated heterocycles. The van der Waals surface area contributed by atoms with E-state index in [2.05, 4.69) is 103 Å². The number of rotatable bonds is 14. The molecule has 0 saturated carbocycles. The van der Waals surface area contributed by atoms with Crippen molar-refractivity contribution >= 4 is 17.1 Å². The quantitative estimate of drug-likeness (QED) is 0.106. The first kappa shape index (κ1) is 49.6. The van der Waals surface area contributed by atoms with Crippen molar-refractivity contribution in [2.75, 3.05) is 81.4 Å². The molecular weight excluding hydrogens is 757 g/mol. The molecule has 0 fully saturated rings. The summed E-state index contributed by atoms with van der Waals surface area (Å²) in [6.07, 6.45) is 0. The highest BCUT2D eigenvalue weighted by Crippen LogP contribution is 2.34. The van der Waals surface area contributed by atoms with Gasteiger partial charge in [0.25, 0.3) is 0 Å². The zero-order chi connectivity index (χ0) is 44.0. The van der Waals surface area contributed by atoms with Gasteiger partial charge in [0, 0.05) is 41.3 Å². The molecule has 0 aromatic heterocycles. The zero-order valence-corrected chi connectivity index (χ0v) is 37.2. The summed E-state index contributed by atoms with van der Waals surface area (Å²) in [5, 5.41) is 0. The van der Waals surface area contributed by atoms with Gasteiger partial charge in [-0.05, 0) is 92.4 Å². The van der Waals surface area contributed by atoms with Gasteiger partial charge in [-0.15, -0.1) is 0 Å². The van der Waals surface area contributed by atoms with Crippen LogP contribution in [0.4, 0.5) is 17.1 Å². The standard InChI is InChI=1S/C18H15N.2C9H12O3.C8H10O2.C6H15N/c1-4-10-16(11-5-1)19(17-12-6-2-7-13-17)18-14-8-3-9-15-18;1-10-7-4-8(11-2)6-9(5-7)12-3;1-10-7-4-5-8(11-2)9(6-7)12-3;1-9-7-3-5-8(10-2)6-4-7;1-4-7(5-2)6-3/h1-15H;2*4-6H,1-3H3;3-6H,1-2H3;4-6H2,1-3H3. The average Bonchev–Trinajstić information content (AvgIpc) is 3.33. The lowest BCUT2D eigenvalue weighted by Crippen LogP contribution is -2.21. The van der Waals surface area contributed by atoms with E-state index >= 15 is 0 Å². The van der Waals surface area contributed by atoms with Gasteiger partial charge in [0.2, 0.25) is 0 Å². The minimum atomic E-state index is 0.678. The van der Waals surface area contributed by atoms with Gasteiger partial charge in [-0.25, -0.2) is 0 Å². The number of ether oxygens (including phenoxy) is 8. The number of anilines is 3. The van der Waals surface area contributed by atoms with Crippen molar-refractivity contribution in [3.63, 3.8) is 0 Å². The topological polar surface area (TPSA) is 80.3 Å². The predicted molar refractivity (Wildman–Crippen MR) is 246 cm³/mol. The van der Waals surface area contributed by atoms with Crippen molar-refractivity contribution in [2.45, 2.75) is 20.8 Å². The molecule has 0 aliphatic heterocycles. The van der Waals surface area contributed by atoms with Gasteiger partial charge < -0.3 is 47.7 Å². The molecule has 322 valence electrons. The fraction of sp³-hybridized carbons (Fsp3) is 0.280. The van der Waals surface area contributed by atoms with Crippen LogP contribution in [0.25, 0.3) is 0 Å². The normalized spacial score (nSPS) is 9.60. The molecule has 0 spiro atoms. The van der Waals surface area contributed by atoms with Crippen molar-refractivity contribution in [3.05, 3.63) is 152 Å². The molecule has 60 heavy (non-hydrogen) atoms. The third-order valence-corrected chi connectivity index (χ3v) is 8.83. The summed E-state index contributed by atoms with van der Waals surface area (Å²) in [6.45, 7) is 10.1. The second-order valence-electron chi connectivity index (χ2n) is 12.3. The van der Waals surface area contributed by atoms with Gasteiger partial charge in [-0.3, -0.25) is 0 Å². The molecule has 6 aromatic carbocycles. The summed E-state index contributed by atoms with van der Waals surface area (Å²) >= 11 is 0. The summed E-state index contributed by atoms with van der Waals surface area (Å²) in [7, 11) is 12.9. The van der Waals surface area contributed by atoms with E-state index in [1.807, 2.05) is 48.5 Å². The Morgan fingerprint density at radius 1 is 0.300 bits per heavy atom. The molecule has 0 atom stereocenters. The summed E-state index contributed by atoms with van der Waals surface area (Å²) in [4.78, 5) is 4.62. The van der Waals surface area contributed by atoms with Gasteiger partial charge in [0.1, 0.15) is 34.5 Å². The van der Waals surface area contributed by atoms with E-state index in [1.54, 1.807) is 87.2 Å². The molecule has 0 bridgehead atoms. The van der Waals surface area contributed by atoms with Gasteiger partial charge in [0.05, 0.1) is 56.9 Å². The Balaban J connectivity index is 0.000000269. The number of hydrogen-bond donors (Lipinski definition) is 0. The lowest BCUT2D eigenvalue weighted by molar-refractivity contribution is 0.321. The van der Waals surface area contributed by atoms with Crippen LogP contribution in [0.5, 0.6) is 46.0 Å². The van der Waals surface area contributed by atoms with Crippen LogP contribution < -0.4 is 42.8 Å². The number of benzene rings is 6. The highest BCUT2D eigenvalue weighted by Gasteiger charge is 2.10. The Labute approximate surface area is 358 Å². The first-order chi connectivity index (χ1) is 29.3. The van der Waals surface area contributed by atoms with E-state index < -0.39 is 0 Å². The fourth-order valence-corrected chi connectivity index (χ4v) is 5.40. The van der Waals surface area contributed by atoms with Gasteiger partial charge in [-0.1, -0.05) is 75.4 Å². The average molecular weight is 821 g/mol. The van der Waals surface area contributed by atoms with Crippen LogP contribution in [0.15, 0.2) is 152 Å². The SMILES string of the molecule is CCN(CC)CC.COc1cc(OC)cc(OC)c1.COc1ccc(OC)c(OC)c1.COc1ccc(OC)cc1.c1ccc(N(c2ccccc2)c2ccccc2)cc1. The van der Waals surface area contributed by atoms with Crippen LogP contribution >= 0.6 is 0 Å². The molecule has 6 rings (SSSR count). The zero-order valence-electron chi connectivity index (χ0n) is 37.2. The van der Waals surface area contributed by atoms with E-state index in [0.717, 1.165) is 34.5 Å². The third-order valence-electron chi connectivity index (χ3n) is 8.83. The molecular formula is C50H64N2O8. The fourth-order valence-electron chi connectivity index (χ4n) is 5.40. The van der Waals surface area contributed by atoms with Crippen LogP contribution in [-0.2, 0) is 0 Å². The van der Waals surface area contributed by atoms with E-state index in [0.29, 0.717) is 11.5 Å². The van der Waals surface area contributed by atoms with Gasteiger partial charge in [-0.2, -0.15) is 0 Å². The molecule has 0 heterocycles. The molecule has 0 aliphatic carbocycles. The first-order valence-corrected chi connectivity index (χ1v) is 19.7. The van der Waals surface area contributed by atoms with Crippen molar-refractivity contribution in [3.8, 4) is 46.0 Å². The van der Waals surface area contributed by atoms with Gasteiger partial charge >= 0.3 is 0 Å². The van der Waals surface area contributed by atoms with Crippen molar-refractivity contribution in [2.24, 2.45) is 0 Å². The van der Waals surface area contributed by atoms with Crippen LogP contribution in [0.1, 0.15) is 20.8 Å². The van der Waals surface area contributed by atoms with E-state index in [1.165, 1.54) is 36.7 Å². The number of hydrogen-bond acceptors (Lipinski definition) is 10. The Hall–Kier alpha value is -6.52.